The maximum atomic E-state index is 11.6. The Morgan fingerprint density at radius 2 is 1.47 bits per heavy atom. The molecule has 0 amide bonds. The van der Waals surface area contributed by atoms with Gasteiger partial charge >= 0.3 is 5.97 Å². The predicted molar refractivity (Wildman–Crippen MR) is 134 cm³/mol. The number of hydrogen-bond acceptors (Lipinski definition) is 3. The van der Waals surface area contributed by atoms with Crippen molar-refractivity contribution in [1.29, 1.82) is 0 Å². The molecule has 0 unspecified atom stereocenters. The van der Waals surface area contributed by atoms with Gasteiger partial charge in [0.25, 0.3) is 0 Å². The van der Waals surface area contributed by atoms with Gasteiger partial charge in [0.15, 0.2) is 5.76 Å². The molecule has 0 bridgehead atoms. The third kappa shape index (κ3) is 4.32. The van der Waals surface area contributed by atoms with Gasteiger partial charge in [-0.05, 0) is 54.9 Å². The van der Waals surface area contributed by atoms with Crippen LogP contribution >= 0.6 is 0 Å². The van der Waals surface area contributed by atoms with Gasteiger partial charge in [-0.15, -0.1) is 0 Å². The molecule has 0 radical (unpaired) electrons. The van der Waals surface area contributed by atoms with Crippen LogP contribution in [-0.4, -0.2) is 16.2 Å². The average molecular weight is 450 g/mol. The highest BCUT2D eigenvalue weighted by atomic mass is 16.5. The van der Waals surface area contributed by atoms with Crippen LogP contribution in [0.15, 0.2) is 95.5 Å². The minimum absolute atomic E-state index is 0.668. The molecule has 1 aromatic heterocycles. The van der Waals surface area contributed by atoms with Crippen molar-refractivity contribution in [1.82, 2.24) is 5.16 Å². The Morgan fingerprint density at radius 3 is 2.09 bits per heavy atom. The Kier molecular flexibility index (Phi) is 5.89. The molecule has 1 heterocycles. The molecule has 34 heavy (non-hydrogen) atoms. The number of aryl methyl sites for hydroxylation is 1. The van der Waals surface area contributed by atoms with Crippen LogP contribution in [0.2, 0.25) is 0 Å². The lowest BCUT2D eigenvalue weighted by molar-refractivity contribution is -0.140. The van der Waals surface area contributed by atoms with Crippen LogP contribution in [0.25, 0.3) is 22.5 Å². The molecular formula is C30H27NO3. The first-order chi connectivity index (χ1) is 16.6. The minimum Gasteiger partial charge on any atom is -0.481 e. The number of carboxylic acids is 1. The second-order valence-electron chi connectivity index (χ2n) is 8.98. The molecule has 4 heteroatoms. The molecule has 0 aliphatic heterocycles. The number of aliphatic carboxylic acids is 1. The van der Waals surface area contributed by atoms with Crippen molar-refractivity contribution in [2.24, 2.45) is 0 Å². The fourth-order valence-corrected chi connectivity index (χ4v) is 4.44. The van der Waals surface area contributed by atoms with Gasteiger partial charge in [0, 0.05) is 11.1 Å². The zero-order valence-electron chi connectivity index (χ0n) is 19.2. The Morgan fingerprint density at radius 1 is 0.882 bits per heavy atom. The van der Waals surface area contributed by atoms with Crippen LogP contribution in [0.5, 0.6) is 0 Å². The summed E-state index contributed by atoms with van der Waals surface area (Å²) in [6.45, 7) is 1.98. The second kappa shape index (κ2) is 9.14. The number of nitrogens with zero attached hydrogens (tertiary/aromatic N) is 1. The molecule has 0 spiro atoms. The monoisotopic (exact) mass is 449 g/mol. The topological polar surface area (TPSA) is 63.3 Å². The third-order valence-corrected chi connectivity index (χ3v) is 6.75. The van der Waals surface area contributed by atoms with E-state index in [0.29, 0.717) is 0 Å². The van der Waals surface area contributed by atoms with Gasteiger partial charge in [0.1, 0.15) is 0 Å². The minimum atomic E-state index is -0.724. The maximum Gasteiger partial charge on any atom is 0.314 e. The molecule has 4 nitrogen and oxygen atoms in total. The molecular weight excluding hydrogens is 422 g/mol. The fourth-order valence-electron chi connectivity index (χ4n) is 4.44. The molecule has 0 atom stereocenters. The maximum absolute atomic E-state index is 11.6. The fraction of sp³-hybridized carbons (Fsp3) is 0.200. The van der Waals surface area contributed by atoms with Gasteiger partial charge in [0.2, 0.25) is 0 Å². The number of carbonyl (C=O) groups is 1. The normalized spacial score (nSPS) is 14.4. The number of aromatic nitrogens is 1. The van der Waals surface area contributed by atoms with Gasteiger partial charge in [-0.1, -0.05) is 96.2 Å². The molecule has 1 aliphatic carbocycles. The Bertz CT molecular complexity index is 1310. The number of benzene rings is 3. The van der Waals surface area contributed by atoms with Crippen molar-refractivity contribution >= 4 is 5.97 Å². The van der Waals surface area contributed by atoms with Crippen molar-refractivity contribution in [3.05, 3.63) is 113 Å². The molecule has 0 saturated heterocycles. The Labute approximate surface area is 199 Å². The van der Waals surface area contributed by atoms with Gasteiger partial charge in [0.05, 0.1) is 11.1 Å². The number of hydrogen-bond donors (Lipinski definition) is 1. The lowest BCUT2D eigenvalue weighted by Crippen LogP contribution is -2.19. The van der Waals surface area contributed by atoms with E-state index >= 15 is 0 Å². The zero-order chi connectivity index (χ0) is 23.5. The van der Waals surface area contributed by atoms with Crippen molar-refractivity contribution < 1.29 is 14.4 Å². The number of allylic oxidation sites excluding steroid dienone is 2. The Balaban J connectivity index is 1.30. The molecule has 5 rings (SSSR count). The summed E-state index contributed by atoms with van der Waals surface area (Å²) in [5, 5.41) is 13.7. The summed E-state index contributed by atoms with van der Waals surface area (Å²) >= 11 is 0. The lowest BCUT2D eigenvalue weighted by Gasteiger charge is -2.11. The van der Waals surface area contributed by atoms with Crippen LogP contribution in [0, 0.1) is 6.92 Å². The van der Waals surface area contributed by atoms with Crippen molar-refractivity contribution in [3.8, 4) is 22.5 Å². The number of rotatable bonds is 8. The lowest BCUT2D eigenvalue weighted by atomic mass is 9.93. The van der Waals surface area contributed by atoms with Crippen LogP contribution in [0.1, 0.15) is 35.2 Å². The van der Waals surface area contributed by atoms with E-state index < -0.39 is 11.4 Å². The van der Waals surface area contributed by atoms with Crippen molar-refractivity contribution in [2.45, 2.75) is 38.0 Å². The van der Waals surface area contributed by atoms with E-state index in [1.807, 2.05) is 37.3 Å². The Hall–Kier alpha value is -3.92. The first-order valence-corrected chi connectivity index (χ1v) is 11.7. The summed E-state index contributed by atoms with van der Waals surface area (Å²) in [6.07, 6.45) is 7.48. The highest BCUT2D eigenvalue weighted by Crippen LogP contribution is 2.48. The zero-order valence-corrected chi connectivity index (χ0v) is 19.2. The van der Waals surface area contributed by atoms with Gasteiger partial charge in [-0.2, -0.15) is 0 Å². The molecule has 1 fully saturated rings. The largest absolute Gasteiger partial charge is 0.481 e. The quantitative estimate of drug-likeness (QED) is 0.301. The number of carboxylic acid groups (broad SMARTS) is 1. The second-order valence-corrected chi connectivity index (χ2v) is 8.98. The highest BCUT2D eigenvalue weighted by Gasteiger charge is 2.51. The SMILES string of the molecule is Cc1noc(-c2ccc(-c3ccc(C4(C(=O)O)CC4)cc3)cc2)c1CC=CCc1ccccc1. The van der Waals surface area contributed by atoms with Gasteiger partial charge in [-0.25, -0.2) is 0 Å². The summed E-state index contributed by atoms with van der Waals surface area (Å²) in [5.74, 6) is 0.0820. The molecule has 4 aromatic rings. The van der Waals surface area contributed by atoms with Crippen LogP contribution < -0.4 is 0 Å². The van der Waals surface area contributed by atoms with Crippen LogP contribution in [-0.2, 0) is 23.1 Å². The van der Waals surface area contributed by atoms with E-state index in [1.54, 1.807) is 0 Å². The van der Waals surface area contributed by atoms with E-state index in [2.05, 4.69) is 65.8 Å². The molecule has 3 aromatic carbocycles. The van der Waals surface area contributed by atoms with Crippen molar-refractivity contribution in [3.63, 3.8) is 0 Å². The first-order valence-electron chi connectivity index (χ1n) is 11.7. The smallest absolute Gasteiger partial charge is 0.314 e. The molecule has 1 aliphatic rings. The van der Waals surface area contributed by atoms with E-state index in [0.717, 1.165) is 65.0 Å². The third-order valence-electron chi connectivity index (χ3n) is 6.75. The van der Waals surface area contributed by atoms with Crippen molar-refractivity contribution in [2.75, 3.05) is 0 Å². The summed E-state index contributed by atoms with van der Waals surface area (Å²) in [7, 11) is 0. The first kappa shape index (κ1) is 21.9. The van der Waals surface area contributed by atoms with E-state index in [9.17, 15) is 9.90 Å². The summed E-state index contributed by atoms with van der Waals surface area (Å²) < 4.78 is 5.69. The highest BCUT2D eigenvalue weighted by molar-refractivity contribution is 5.85. The predicted octanol–water partition coefficient (Wildman–Crippen LogP) is 6.77. The average Bonchev–Trinajstić information content (AvgIpc) is 3.61. The van der Waals surface area contributed by atoms with E-state index in [1.165, 1.54) is 5.56 Å². The van der Waals surface area contributed by atoms with E-state index in [-0.39, 0.29) is 0 Å². The van der Waals surface area contributed by atoms with Crippen LogP contribution in [0.4, 0.5) is 0 Å². The summed E-state index contributed by atoms with van der Waals surface area (Å²) in [5.41, 5.74) is 6.66. The summed E-state index contributed by atoms with van der Waals surface area (Å²) in [6, 6.07) is 26.6. The van der Waals surface area contributed by atoms with E-state index in [4.69, 9.17) is 4.52 Å². The molecule has 1 N–H and O–H groups in total. The summed E-state index contributed by atoms with van der Waals surface area (Å²) in [4.78, 5) is 11.6. The van der Waals surface area contributed by atoms with Gasteiger partial charge < -0.3 is 9.63 Å². The van der Waals surface area contributed by atoms with Gasteiger partial charge in [-0.3, -0.25) is 4.79 Å². The molecule has 1 saturated carbocycles. The van der Waals surface area contributed by atoms with Crippen LogP contribution in [0.3, 0.4) is 0 Å². The molecule has 170 valence electrons. The standard InChI is InChI=1S/C30H27NO3/c1-21-27(10-6-5-9-22-7-3-2-4-8-22)28(34-31-21)25-13-11-23(12-14-25)24-15-17-26(18-16-24)30(19-20-30)29(32)33/h2-8,11-18H,9-10,19-20H2,1H3,(H,32,33).